The molecule has 0 saturated heterocycles. The lowest BCUT2D eigenvalue weighted by Crippen LogP contribution is -3.59. The molecule has 0 aliphatic carbocycles. The Kier molecular flexibility index (Phi) is 5.02. The van der Waals surface area contributed by atoms with Crippen molar-refractivity contribution in [3.8, 4) is 0 Å². The Bertz CT molecular complexity index is 520. The molecule has 8 heteroatoms. The van der Waals surface area contributed by atoms with Gasteiger partial charge >= 0.3 is 36.8 Å². The maximum Gasteiger partial charge on any atom is 0.534 e. The van der Waals surface area contributed by atoms with Crippen molar-refractivity contribution in [3.05, 3.63) is 43.7 Å². The van der Waals surface area contributed by atoms with Crippen molar-refractivity contribution in [1.82, 2.24) is 0 Å². The van der Waals surface area contributed by atoms with Crippen molar-refractivity contribution < 1.29 is 47.0 Å². The summed E-state index contributed by atoms with van der Waals surface area (Å²) in [7, 11) is -5.53. The molecule has 0 saturated carbocycles. The molecule has 1 aromatic rings. The maximum absolute atomic E-state index is 11.9. The molecule has 0 amide bonds. The van der Waals surface area contributed by atoms with Crippen molar-refractivity contribution in [2.24, 2.45) is 0 Å². The van der Waals surface area contributed by atoms with E-state index in [2.05, 4.69) is 4.18 Å². The molecule has 0 heterocycles. The standard InChI is InChI=1S/C10H9F3IO3S/c1-8-2-4-9(5-3-8)14-6-7-17-18(15,16)10(11,12)13/h2-7H,1H3/q+1/b7-6+. The SMILES string of the molecule is Cc1ccc([I+]/C=C/OS(=O)(=O)C(F)(F)F)cc1. The third-order valence-corrected chi connectivity index (χ3v) is 4.74. The van der Waals surface area contributed by atoms with E-state index < -0.39 is 36.8 Å². The number of rotatable bonds is 4. The fourth-order valence-corrected chi connectivity index (χ4v) is 2.85. The highest BCUT2D eigenvalue weighted by Gasteiger charge is 2.48. The van der Waals surface area contributed by atoms with E-state index in [-0.39, 0.29) is 0 Å². The third kappa shape index (κ3) is 4.48. The molecule has 0 aliphatic rings. The first kappa shape index (κ1) is 15.3. The van der Waals surface area contributed by atoms with E-state index in [1.54, 1.807) is 0 Å². The number of hydrogen-bond donors (Lipinski definition) is 0. The van der Waals surface area contributed by atoms with Crippen LogP contribution in [0.5, 0.6) is 0 Å². The zero-order chi connectivity index (χ0) is 13.8. The Morgan fingerprint density at radius 2 is 1.78 bits per heavy atom. The van der Waals surface area contributed by atoms with Gasteiger partial charge in [0.15, 0.2) is 13.9 Å². The Morgan fingerprint density at radius 3 is 2.28 bits per heavy atom. The first-order valence-corrected chi connectivity index (χ1v) is 8.30. The van der Waals surface area contributed by atoms with Gasteiger partial charge in [-0.3, -0.25) is 0 Å². The number of hydrogen-bond acceptors (Lipinski definition) is 3. The van der Waals surface area contributed by atoms with Crippen LogP contribution < -0.4 is 21.2 Å². The molecule has 0 N–H and O–H groups in total. The van der Waals surface area contributed by atoms with Crippen LogP contribution in [0, 0.1) is 10.5 Å². The van der Waals surface area contributed by atoms with Gasteiger partial charge in [0.25, 0.3) is 0 Å². The Labute approximate surface area is 113 Å². The molecule has 1 rings (SSSR count). The summed E-state index contributed by atoms with van der Waals surface area (Å²) in [5.74, 6) is 0. The van der Waals surface area contributed by atoms with Gasteiger partial charge in [0.05, 0.1) is 0 Å². The van der Waals surface area contributed by atoms with Crippen LogP contribution in [0.4, 0.5) is 13.2 Å². The van der Waals surface area contributed by atoms with Crippen molar-refractivity contribution >= 4 is 10.1 Å². The van der Waals surface area contributed by atoms with Crippen molar-refractivity contribution in [2.75, 3.05) is 0 Å². The summed E-state index contributed by atoms with van der Waals surface area (Å²) in [6, 6.07) is 7.42. The third-order valence-electron chi connectivity index (χ3n) is 1.72. The van der Waals surface area contributed by atoms with Gasteiger partial charge in [-0.05, 0) is 19.1 Å². The van der Waals surface area contributed by atoms with Crippen LogP contribution in [-0.4, -0.2) is 13.9 Å². The largest absolute Gasteiger partial charge is 0.534 e. The molecule has 0 atom stereocenters. The molecule has 0 radical (unpaired) electrons. The molecule has 0 unspecified atom stereocenters. The van der Waals surface area contributed by atoms with Crippen LogP contribution in [0.15, 0.2) is 34.6 Å². The average Bonchev–Trinajstić information content (AvgIpc) is 2.25. The van der Waals surface area contributed by atoms with Gasteiger partial charge in [0.2, 0.25) is 0 Å². The molecule has 0 aromatic heterocycles. The highest BCUT2D eigenvalue weighted by atomic mass is 127. The fourth-order valence-electron chi connectivity index (χ4n) is 0.853. The van der Waals surface area contributed by atoms with Gasteiger partial charge in [-0.15, -0.1) is 0 Å². The van der Waals surface area contributed by atoms with Gasteiger partial charge in [0.1, 0.15) is 0 Å². The van der Waals surface area contributed by atoms with Crippen molar-refractivity contribution in [3.63, 3.8) is 0 Å². The minimum Gasteiger partial charge on any atom is -0.380 e. The van der Waals surface area contributed by atoms with Crippen LogP contribution in [-0.2, 0) is 14.3 Å². The van der Waals surface area contributed by atoms with Crippen LogP contribution >= 0.6 is 0 Å². The molecule has 100 valence electrons. The zero-order valence-corrected chi connectivity index (χ0v) is 12.1. The Hall–Kier alpha value is -0.770. The van der Waals surface area contributed by atoms with Crippen LogP contribution in [0.3, 0.4) is 0 Å². The summed E-state index contributed by atoms with van der Waals surface area (Å²) in [6.45, 7) is 1.91. The molecule has 1 aromatic carbocycles. The zero-order valence-electron chi connectivity index (χ0n) is 9.11. The summed E-state index contributed by atoms with van der Waals surface area (Å²) in [6.07, 6.45) is 0.579. The molecule has 0 fully saturated rings. The van der Waals surface area contributed by atoms with Crippen molar-refractivity contribution in [1.29, 1.82) is 0 Å². The Morgan fingerprint density at radius 1 is 1.22 bits per heavy atom. The lowest BCUT2D eigenvalue weighted by molar-refractivity contribution is -0.557. The Balaban J connectivity index is 2.55. The predicted octanol–water partition coefficient (Wildman–Crippen LogP) is -0.409. The van der Waals surface area contributed by atoms with Crippen LogP contribution in [0.2, 0.25) is 0 Å². The van der Waals surface area contributed by atoms with E-state index >= 15 is 0 Å². The molecule has 0 aliphatic heterocycles. The molecular formula is C10H9F3IO3S+. The highest BCUT2D eigenvalue weighted by Crippen LogP contribution is 2.24. The van der Waals surface area contributed by atoms with Crippen LogP contribution in [0.25, 0.3) is 0 Å². The number of aryl methyl sites for hydroxylation is 1. The lowest BCUT2D eigenvalue weighted by atomic mass is 10.2. The normalized spacial score (nSPS) is 12.9. The van der Waals surface area contributed by atoms with Crippen molar-refractivity contribution in [2.45, 2.75) is 12.4 Å². The predicted molar refractivity (Wildman–Crippen MR) is 55.1 cm³/mol. The van der Waals surface area contributed by atoms with E-state index in [4.69, 9.17) is 0 Å². The van der Waals surface area contributed by atoms with Gasteiger partial charge in [-0.25, -0.2) is 0 Å². The number of benzene rings is 1. The summed E-state index contributed by atoms with van der Waals surface area (Å²) < 4.78 is 62.7. The molecule has 0 spiro atoms. The molecule has 18 heavy (non-hydrogen) atoms. The van der Waals surface area contributed by atoms with Gasteiger partial charge in [-0.2, -0.15) is 21.6 Å². The number of alkyl halides is 3. The number of halogens is 4. The maximum atomic E-state index is 11.9. The van der Waals surface area contributed by atoms with Gasteiger partial charge in [-0.1, -0.05) is 17.7 Å². The second-order valence-corrected chi connectivity index (χ2v) is 7.31. The monoisotopic (exact) mass is 393 g/mol. The molecule has 3 nitrogen and oxygen atoms in total. The fraction of sp³-hybridized carbons (Fsp3) is 0.200. The smallest absolute Gasteiger partial charge is 0.380 e. The minimum absolute atomic E-state index is 0.579. The van der Waals surface area contributed by atoms with Crippen LogP contribution in [0.1, 0.15) is 5.56 Å². The van der Waals surface area contributed by atoms with E-state index in [1.165, 1.54) is 4.08 Å². The first-order chi connectivity index (χ1) is 8.22. The average molecular weight is 393 g/mol. The second-order valence-electron chi connectivity index (χ2n) is 3.16. The quantitative estimate of drug-likeness (QED) is 0.303. The summed E-state index contributed by atoms with van der Waals surface area (Å²) in [4.78, 5) is 0. The summed E-state index contributed by atoms with van der Waals surface area (Å²) >= 11 is -0.715. The van der Waals surface area contributed by atoms with Gasteiger partial charge in [0, 0.05) is 0 Å². The molecular weight excluding hydrogens is 384 g/mol. The van der Waals surface area contributed by atoms with Gasteiger partial charge < -0.3 is 4.18 Å². The lowest BCUT2D eigenvalue weighted by Gasteiger charge is -2.04. The van der Waals surface area contributed by atoms with E-state index in [1.807, 2.05) is 31.2 Å². The first-order valence-electron chi connectivity index (χ1n) is 4.57. The van der Waals surface area contributed by atoms with E-state index in [9.17, 15) is 21.6 Å². The van der Waals surface area contributed by atoms with E-state index in [0.717, 1.165) is 9.13 Å². The molecule has 0 bridgehead atoms. The minimum atomic E-state index is -5.53. The second kappa shape index (κ2) is 5.91. The highest BCUT2D eigenvalue weighted by molar-refractivity contribution is 7.87. The topological polar surface area (TPSA) is 43.4 Å². The van der Waals surface area contributed by atoms with E-state index in [0.29, 0.717) is 6.26 Å². The summed E-state index contributed by atoms with van der Waals surface area (Å²) in [5.41, 5.74) is -4.32. The summed E-state index contributed by atoms with van der Waals surface area (Å²) in [5, 5.41) is 0.